The van der Waals surface area contributed by atoms with Crippen LogP contribution in [0, 0.1) is 11.3 Å². The van der Waals surface area contributed by atoms with Crippen molar-refractivity contribution >= 4 is 16.0 Å². The molecule has 0 bridgehead atoms. The van der Waals surface area contributed by atoms with Gasteiger partial charge in [-0.2, -0.15) is 5.26 Å². The lowest BCUT2D eigenvalue weighted by Crippen LogP contribution is -2.17. The summed E-state index contributed by atoms with van der Waals surface area (Å²) in [5.74, 6) is 0.101. The third-order valence-corrected chi connectivity index (χ3v) is 5.37. The number of hydrogen-bond donors (Lipinski definition) is 1. The number of benzene rings is 2. The Morgan fingerprint density at radius 3 is 2.32 bits per heavy atom. The normalized spacial score (nSPS) is 10.9. The molecule has 2 aromatic rings. The van der Waals surface area contributed by atoms with Gasteiger partial charge in [-0.1, -0.05) is 12.1 Å². The minimum absolute atomic E-state index is 0.00498. The molecule has 0 atom stereocenters. The predicted molar refractivity (Wildman–Crippen MR) is 104 cm³/mol. The zero-order chi connectivity index (χ0) is 20.7. The van der Waals surface area contributed by atoms with E-state index in [9.17, 15) is 13.2 Å². The number of unbranched alkanes of at least 4 members (excludes halogenated alkanes) is 1. The van der Waals surface area contributed by atoms with Crippen molar-refractivity contribution in [1.82, 2.24) is 0 Å². The maximum Gasteiger partial charge on any atom is 0.305 e. The molecule has 2 N–H and O–H groups in total. The highest BCUT2D eigenvalue weighted by atomic mass is 32.2. The van der Waals surface area contributed by atoms with Crippen LogP contribution in [-0.4, -0.2) is 28.6 Å². The zero-order valence-corrected chi connectivity index (χ0v) is 16.6. The number of nitrogens with zero attached hydrogens (tertiary/aromatic N) is 1. The Kier molecular flexibility index (Phi) is 7.15. The van der Waals surface area contributed by atoms with Gasteiger partial charge in [-0.05, 0) is 49.1 Å². The zero-order valence-electron chi connectivity index (χ0n) is 15.8. The van der Waals surface area contributed by atoms with Crippen molar-refractivity contribution in [3.63, 3.8) is 0 Å². The molecular formula is C20H22N2O5S. The second-order valence-corrected chi connectivity index (χ2v) is 7.64. The average molecular weight is 402 g/mol. The molecule has 0 amide bonds. The number of esters is 1. The van der Waals surface area contributed by atoms with E-state index >= 15 is 0 Å². The summed E-state index contributed by atoms with van der Waals surface area (Å²) in [6, 6.07) is 11.9. The molecular weight excluding hydrogens is 380 g/mol. The largest absolute Gasteiger partial charge is 0.496 e. The fourth-order valence-corrected chi connectivity index (χ4v) is 4.03. The molecule has 0 saturated carbocycles. The molecule has 2 aromatic carbocycles. The number of carbonyl (C=O) groups excluding carboxylic acids is 1. The van der Waals surface area contributed by atoms with Crippen LogP contribution in [0.2, 0.25) is 0 Å². The standard InChI is InChI=1S/C20H22N2O5S/c1-26-18-12-11-16(15-9-7-14(13-21)8-10-15)20(28(22,24)25)17(18)5-3-4-6-19(23)27-2/h7-12H,3-6H2,1-2H3,(H2,22,24,25). The third-order valence-electron chi connectivity index (χ3n) is 4.33. The summed E-state index contributed by atoms with van der Waals surface area (Å²) in [4.78, 5) is 11.3. The van der Waals surface area contributed by atoms with Gasteiger partial charge < -0.3 is 9.47 Å². The van der Waals surface area contributed by atoms with E-state index in [0.29, 0.717) is 47.3 Å². The van der Waals surface area contributed by atoms with Crippen LogP contribution in [0.15, 0.2) is 41.3 Å². The fraction of sp³-hybridized carbons (Fsp3) is 0.300. The molecule has 0 aromatic heterocycles. The van der Waals surface area contributed by atoms with Crippen LogP contribution < -0.4 is 9.88 Å². The Morgan fingerprint density at radius 2 is 1.79 bits per heavy atom. The Hall–Kier alpha value is -2.89. The van der Waals surface area contributed by atoms with Crippen molar-refractivity contribution in [3.05, 3.63) is 47.5 Å². The van der Waals surface area contributed by atoms with Crippen LogP contribution in [0.3, 0.4) is 0 Å². The van der Waals surface area contributed by atoms with Gasteiger partial charge in [0, 0.05) is 17.5 Å². The summed E-state index contributed by atoms with van der Waals surface area (Å²) < 4.78 is 34.8. The fourth-order valence-electron chi connectivity index (χ4n) is 2.99. The van der Waals surface area contributed by atoms with Crippen molar-refractivity contribution in [3.8, 4) is 22.9 Å². The molecule has 0 aliphatic carbocycles. The van der Waals surface area contributed by atoms with Gasteiger partial charge in [0.25, 0.3) is 0 Å². The molecule has 148 valence electrons. The number of ether oxygens (including phenoxy) is 2. The minimum Gasteiger partial charge on any atom is -0.496 e. The van der Waals surface area contributed by atoms with Crippen LogP contribution in [-0.2, 0) is 26.0 Å². The van der Waals surface area contributed by atoms with Crippen LogP contribution >= 0.6 is 0 Å². The van der Waals surface area contributed by atoms with E-state index in [1.807, 2.05) is 6.07 Å². The molecule has 0 aliphatic rings. The second-order valence-electron chi connectivity index (χ2n) is 6.14. The highest BCUT2D eigenvalue weighted by Gasteiger charge is 2.23. The van der Waals surface area contributed by atoms with Gasteiger partial charge in [0.2, 0.25) is 10.0 Å². The SMILES string of the molecule is COC(=O)CCCCc1c(OC)ccc(-c2ccc(C#N)cc2)c1S(N)(=O)=O. The molecule has 0 fully saturated rings. The lowest BCUT2D eigenvalue weighted by atomic mass is 9.98. The smallest absolute Gasteiger partial charge is 0.305 e. The number of carbonyl (C=O) groups is 1. The minimum atomic E-state index is -4.06. The molecule has 0 aliphatic heterocycles. The van der Waals surface area contributed by atoms with E-state index in [1.54, 1.807) is 36.4 Å². The Labute approximate surface area is 164 Å². The summed E-state index contributed by atoms with van der Waals surface area (Å²) in [6.07, 6.45) is 1.72. The van der Waals surface area contributed by atoms with Gasteiger partial charge in [-0.3, -0.25) is 4.79 Å². The monoisotopic (exact) mass is 402 g/mol. The maximum atomic E-state index is 12.4. The molecule has 2 rings (SSSR count). The number of hydrogen-bond acceptors (Lipinski definition) is 6. The van der Waals surface area contributed by atoms with Gasteiger partial charge in [-0.25, -0.2) is 13.6 Å². The van der Waals surface area contributed by atoms with Crippen molar-refractivity contribution in [2.24, 2.45) is 5.14 Å². The molecule has 7 nitrogen and oxygen atoms in total. The summed E-state index contributed by atoms with van der Waals surface area (Å²) >= 11 is 0. The van der Waals surface area contributed by atoms with E-state index in [-0.39, 0.29) is 17.3 Å². The molecule has 0 unspecified atom stereocenters. The summed E-state index contributed by atoms with van der Waals surface area (Å²) in [7, 11) is -1.27. The number of nitriles is 1. The first-order chi connectivity index (χ1) is 13.3. The molecule has 0 radical (unpaired) electrons. The molecule has 28 heavy (non-hydrogen) atoms. The van der Waals surface area contributed by atoms with Gasteiger partial charge in [0.1, 0.15) is 5.75 Å². The highest BCUT2D eigenvalue weighted by molar-refractivity contribution is 7.89. The van der Waals surface area contributed by atoms with E-state index in [0.717, 1.165) is 0 Å². The number of rotatable bonds is 8. The first-order valence-corrected chi connectivity index (χ1v) is 10.2. The van der Waals surface area contributed by atoms with Crippen LogP contribution in [0.25, 0.3) is 11.1 Å². The predicted octanol–water partition coefficient (Wildman–Crippen LogP) is 2.77. The lowest BCUT2D eigenvalue weighted by Gasteiger charge is -2.17. The Morgan fingerprint density at radius 1 is 1.11 bits per heavy atom. The number of nitrogens with two attached hydrogens (primary N) is 1. The Balaban J connectivity index is 2.49. The topological polar surface area (TPSA) is 119 Å². The molecule has 8 heteroatoms. The van der Waals surface area contributed by atoms with E-state index < -0.39 is 10.0 Å². The number of primary sulfonamides is 1. The first kappa shape index (κ1) is 21.4. The first-order valence-electron chi connectivity index (χ1n) is 8.61. The summed E-state index contributed by atoms with van der Waals surface area (Å²) in [5, 5.41) is 14.5. The number of methoxy groups -OCH3 is 2. The maximum absolute atomic E-state index is 12.4. The van der Waals surface area contributed by atoms with Gasteiger partial charge in [0.15, 0.2) is 0 Å². The third kappa shape index (κ3) is 5.09. The van der Waals surface area contributed by atoms with Gasteiger partial charge in [0.05, 0.1) is 30.7 Å². The molecule has 0 heterocycles. The van der Waals surface area contributed by atoms with Crippen molar-refractivity contribution in [1.29, 1.82) is 5.26 Å². The molecule has 0 spiro atoms. The quantitative estimate of drug-likeness (QED) is 0.535. The second kappa shape index (κ2) is 9.35. The van der Waals surface area contributed by atoms with Crippen molar-refractivity contribution in [2.75, 3.05) is 14.2 Å². The van der Waals surface area contributed by atoms with Crippen molar-refractivity contribution in [2.45, 2.75) is 30.6 Å². The number of sulfonamides is 1. The van der Waals surface area contributed by atoms with Gasteiger partial charge >= 0.3 is 5.97 Å². The summed E-state index contributed by atoms with van der Waals surface area (Å²) in [6.45, 7) is 0. The van der Waals surface area contributed by atoms with E-state index in [1.165, 1.54) is 14.2 Å². The van der Waals surface area contributed by atoms with Gasteiger partial charge in [-0.15, -0.1) is 0 Å². The highest BCUT2D eigenvalue weighted by Crippen LogP contribution is 2.36. The van der Waals surface area contributed by atoms with E-state index in [4.69, 9.17) is 15.1 Å². The molecule has 0 saturated heterocycles. The van der Waals surface area contributed by atoms with Crippen LogP contribution in [0.4, 0.5) is 0 Å². The van der Waals surface area contributed by atoms with Crippen LogP contribution in [0.1, 0.15) is 30.4 Å². The lowest BCUT2D eigenvalue weighted by molar-refractivity contribution is -0.140. The average Bonchev–Trinajstić information content (AvgIpc) is 2.69. The summed E-state index contributed by atoms with van der Waals surface area (Å²) in [5.41, 5.74) is 2.01. The Bertz CT molecular complexity index is 992. The van der Waals surface area contributed by atoms with Crippen LogP contribution in [0.5, 0.6) is 5.75 Å². The van der Waals surface area contributed by atoms with E-state index in [2.05, 4.69) is 4.74 Å². The van der Waals surface area contributed by atoms with Crippen molar-refractivity contribution < 1.29 is 22.7 Å².